The van der Waals surface area contributed by atoms with Crippen LogP contribution in [0.5, 0.6) is 0 Å². The zero-order chi connectivity index (χ0) is 19.1. The van der Waals surface area contributed by atoms with Crippen molar-refractivity contribution in [1.82, 2.24) is 4.90 Å². The van der Waals surface area contributed by atoms with Gasteiger partial charge in [0.2, 0.25) is 0 Å². The van der Waals surface area contributed by atoms with E-state index >= 15 is 0 Å². The third kappa shape index (κ3) is 3.45. The summed E-state index contributed by atoms with van der Waals surface area (Å²) in [5.41, 5.74) is 0.720. The zero-order valence-electron chi connectivity index (χ0n) is 13.9. The lowest BCUT2D eigenvalue weighted by atomic mass is 10.1. The normalized spacial score (nSPS) is 20.8. The van der Waals surface area contributed by atoms with Crippen LogP contribution in [0.4, 0.5) is 5.69 Å². The molecule has 1 fully saturated rings. The number of esters is 1. The Balaban J connectivity index is 1.57. The van der Waals surface area contributed by atoms with E-state index in [2.05, 4.69) is 5.32 Å². The fraction of sp³-hybridized carbons (Fsp3) is 0.375. The van der Waals surface area contributed by atoms with Crippen LogP contribution in [0.3, 0.4) is 0 Å². The molecule has 2 aliphatic heterocycles. The summed E-state index contributed by atoms with van der Waals surface area (Å²) in [6.07, 6.45) is 0.192. The number of nitrogens with one attached hydrogen (secondary N) is 1. The smallest absolute Gasteiger partial charge is 0.310 e. The monoisotopic (exact) mass is 380 g/mol. The van der Waals surface area contributed by atoms with Crippen molar-refractivity contribution in [2.75, 3.05) is 30.5 Å². The Morgan fingerprint density at radius 3 is 2.58 bits per heavy atom. The molecule has 10 heteroatoms. The Bertz CT molecular complexity index is 923. The van der Waals surface area contributed by atoms with Gasteiger partial charge in [0.1, 0.15) is 0 Å². The number of fused-ring (bicyclic) bond motifs is 1. The number of anilines is 1. The van der Waals surface area contributed by atoms with Gasteiger partial charge in [0.15, 0.2) is 16.4 Å². The van der Waals surface area contributed by atoms with Gasteiger partial charge in [-0.05, 0) is 24.6 Å². The van der Waals surface area contributed by atoms with Gasteiger partial charge >= 0.3 is 5.97 Å². The van der Waals surface area contributed by atoms with Crippen molar-refractivity contribution in [2.24, 2.45) is 5.92 Å². The van der Waals surface area contributed by atoms with Crippen LogP contribution in [0, 0.1) is 5.92 Å². The molecule has 1 aromatic carbocycles. The standard InChI is InChI=1S/C16H16N2O7S/c1-18-14(20)11-3-2-10(6-12(11)15(18)21)17-13(19)7-25-16(22)9-4-5-26(23,24)8-9/h2-3,6,9H,4-5,7-8H2,1H3,(H,17,19). The van der Waals surface area contributed by atoms with E-state index in [4.69, 9.17) is 4.74 Å². The van der Waals surface area contributed by atoms with Crippen molar-refractivity contribution in [3.63, 3.8) is 0 Å². The molecule has 1 saturated heterocycles. The molecular formula is C16H16N2O7S. The predicted octanol–water partition coefficient (Wildman–Crippen LogP) is -0.171. The number of amides is 3. The van der Waals surface area contributed by atoms with Crippen LogP contribution in [0.1, 0.15) is 27.1 Å². The lowest BCUT2D eigenvalue weighted by Crippen LogP contribution is -2.25. The molecule has 0 aliphatic carbocycles. The molecule has 0 aromatic heterocycles. The van der Waals surface area contributed by atoms with E-state index in [1.54, 1.807) is 0 Å². The highest BCUT2D eigenvalue weighted by Gasteiger charge is 2.35. The van der Waals surface area contributed by atoms with Crippen molar-refractivity contribution in [3.05, 3.63) is 29.3 Å². The molecule has 0 saturated carbocycles. The van der Waals surface area contributed by atoms with Crippen molar-refractivity contribution >= 4 is 39.2 Å². The third-order valence-corrected chi connectivity index (χ3v) is 6.05. The molecule has 9 nitrogen and oxygen atoms in total. The third-order valence-electron chi connectivity index (χ3n) is 4.28. The van der Waals surface area contributed by atoms with Crippen LogP contribution >= 0.6 is 0 Å². The highest BCUT2D eigenvalue weighted by molar-refractivity contribution is 7.91. The highest BCUT2D eigenvalue weighted by atomic mass is 32.2. The molecular weight excluding hydrogens is 364 g/mol. The first kappa shape index (κ1) is 18.1. The van der Waals surface area contributed by atoms with Crippen molar-refractivity contribution in [1.29, 1.82) is 0 Å². The van der Waals surface area contributed by atoms with Gasteiger partial charge in [0.05, 0.1) is 28.6 Å². The molecule has 2 heterocycles. The van der Waals surface area contributed by atoms with E-state index in [-0.39, 0.29) is 34.7 Å². The average Bonchev–Trinajstić information content (AvgIpc) is 3.06. The molecule has 1 aromatic rings. The van der Waals surface area contributed by atoms with Crippen LogP contribution < -0.4 is 5.32 Å². The number of benzene rings is 1. The van der Waals surface area contributed by atoms with Gasteiger partial charge in [0, 0.05) is 12.7 Å². The van der Waals surface area contributed by atoms with Crippen molar-refractivity contribution in [2.45, 2.75) is 6.42 Å². The molecule has 1 unspecified atom stereocenters. The van der Waals surface area contributed by atoms with Gasteiger partial charge in [-0.15, -0.1) is 0 Å². The minimum absolute atomic E-state index is 0.0602. The van der Waals surface area contributed by atoms with Gasteiger partial charge in [-0.2, -0.15) is 0 Å². The Hall–Kier alpha value is -2.75. The van der Waals surface area contributed by atoms with E-state index < -0.39 is 46.1 Å². The number of imide groups is 1. The second kappa shape index (κ2) is 6.52. The number of carbonyl (C=O) groups excluding carboxylic acids is 4. The SMILES string of the molecule is CN1C(=O)c2ccc(NC(=O)COC(=O)C3CCS(=O)(=O)C3)cc2C1=O. The minimum Gasteiger partial charge on any atom is -0.455 e. The van der Waals surface area contributed by atoms with E-state index in [1.807, 2.05) is 0 Å². The predicted molar refractivity (Wildman–Crippen MR) is 89.2 cm³/mol. The summed E-state index contributed by atoms with van der Waals surface area (Å²) in [5.74, 6) is -3.30. The fourth-order valence-electron chi connectivity index (χ4n) is 2.87. The Morgan fingerprint density at radius 2 is 1.92 bits per heavy atom. The highest BCUT2D eigenvalue weighted by Crippen LogP contribution is 2.25. The van der Waals surface area contributed by atoms with Crippen LogP contribution in [0.2, 0.25) is 0 Å². The second-order valence-electron chi connectivity index (χ2n) is 6.19. The van der Waals surface area contributed by atoms with Crippen molar-refractivity contribution < 1.29 is 32.3 Å². The molecule has 3 rings (SSSR count). The summed E-state index contributed by atoms with van der Waals surface area (Å²) in [7, 11) is -1.85. The van der Waals surface area contributed by atoms with E-state index in [0.717, 1.165) is 4.90 Å². The number of rotatable bonds is 4. The van der Waals surface area contributed by atoms with E-state index in [1.165, 1.54) is 25.2 Å². The van der Waals surface area contributed by atoms with Crippen LogP contribution in [-0.2, 0) is 24.2 Å². The number of carbonyl (C=O) groups is 4. The summed E-state index contributed by atoms with van der Waals surface area (Å²) in [5, 5.41) is 2.47. The molecule has 138 valence electrons. The molecule has 26 heavy (non-hydrogen) atoms. The summed E-state index contributed by atoms with van der Waals surface area (Å²) in [6, 6.07) is 4.28. The van der Waals surface area contributed by atoms with Gasteiger partial charge in [-0.25, -0.2) is 8.42 Å². The van der Waals surface area contributed by atoms with Crippen LogP contribution in [0.15, 0.2) is 18.2 Å². The lowest BCUT2D eigenvalue weighted by Gasteiger charge is -2.09. The molecule has 3 amide bonds. The van der Waals surface area contributed by atoms with Gasteiger partial charge in [-0.1, -0.05) is 0 Å². The maximum Gasteiger partial charge on any atom is 0.310 e. The molecule has 0 spiro atoms. The van der Waals surface area contributed by atoms with E-state index in [9.17, 15) is 27.6 Å². The number of hydrogen-bond acceptors (Lipinski definition) is 7. The Kier molecular flexibility index (Phi) is 4.53. The fourth-order valence-corrected chi connectivity index (χ4v) is 4.60. The maximum absolute atomic E-state index is 11.9. The molecule has 1 N–H and O–H groups in total. The van der Waals surface area contributed by atoms with Gasteiger partial charge in [0.25, 0.3) is 17.7 Å². The Morgan fingerprint density at radius 1 is 1.23 bits per heavy atom. The molecule has 0 radical (unpaired) electrons. The number of nitrogens with zero attached hydrogens (tertiary/aromatic N) is 1. The number of sulfone groups is 1. The van der Waals surface area contributed by atoms with Crippen LogP contribution in [-0.4, -0.2) is 62.2 Å². The van der Waals surface area contributed by atoms with Gasteiger partial charge < -0.3 is 10.1 Å². The first-order chi connectivity index (χ1) is 12.2. The molecule has 0 bridgehead atoms. The molecule has 1 atom stereocenters. The Labute approximate surface area is 149 Å². The largest absolute Gasteiger partial charge is 0.455 e. The average molecular weight is 380 g/mol. The molecule has 2 aliphatic rings. The lowest BCUT2D eigenvalue weighted by molar-refractivity contribution is -0.150. The summed E-state index contributed by atoms with van der Waals surface area (Å²) in [6.45, 7) is -0.570. The number of hydrogen-bond donors (Lipinski definition) is 1. The minimum atomic E-state index is -3.21. The van der Waals surface area contributed by atoms with Crippen LogP contribution in [0.25, 0.3) is 0 Å². The number of ether oxygens (including phenoxy) is 1. The topological polar surface area (TPSA) is 127 Å². The summed E-state index contributed by atoms with van der Waals surface area (Å²) >= 11 is 0. The zero-order valence-corrected chi connectivity index (χ0v) is 14.7. The first-order valence-corrected chi connectivity index (χ1v) is 9.63. The quantitative estimate of drug-likeness (QED) is 0.567. The van der Waals surface area contributed by atoms with Crippen molar-refractivity contribution in [3.8, 4) is 0 Å². The van der Waals surface area contributed by atoms with Gasteiger partial charge in [-0.3, -0.25) is 24.1 Å². The first-order valence-electron chi connectivity index (χ1n) is 7.81. The summed E-state index contributed by atoms with van der Waals surface area (Å²) < 4.78 is 27.6. The summed E-state index contributed by atoms with van der Waals surface area (Å²) in [4.78, 5) is 48.4. The maximum atomic E-state index is 11.9. The van der Waals surface area contributed by atoms with E-state index in [0.29, 0.717) is 0 Å². The second-order valence-corrected chi connectivity index (χ2v) is 8.41.